The number of pyridine rings is 1. The fourth-order valence-corrected chi connectivity index (χ4v) is 5.20. The SMILES string of the molecule is C[C@@H]1CCc2c(sc3nc(-c4cccnc4)nc(N[C@@H](C)C(=O)NC(C)(C)C)c23)C1. The number of aromatic nitrogens is 3. The van der Waals surface area contributed by atoms with Crippen molar-refractivity contribution in [1.82, 2.24) is 20.3 Å². The summed E-state index contributed by atoms with van der Waals surface area (Å²) in [4.78, 5) is 29.0. The first-order valence-electron chi connectivity index (χ1n) is 10.5. The lowest BCUT2D eigenvalue weighted by Gasteiger charge is -2.24. The summed E-state index contributed by atoms with van der Waals surface area (Å²) in [6.45, 7) is 10.1. The summed E-state index contributed by atoms with van der Waals surface area (Å²) in [6.07, 6.45) is 6.80. The predicted octanol–water partition coefficient (Wildman–Crippen LogP) is 4.59. The van der Waals surface area contributed by atoms with E-state index in [2.05, 4.69) is 22.5 Å². The number of thiophene rings is 1. The zero-order chi connectivity index (χ0) is 21.5. The van der Waals surface area contributed by atoms with Gasteiger partial charge in [0.2, 0.25) is 5.91 Å². The van der Waals surface area contributed by atoms with Gasteiger partial charge in [-0.2, -0.15) is 0 Å². The maximum atomic E-state index is 12.7. The molecule has 0 saturated heterocycles. The zero-order valence-corrected chi connectivity index (χ0v) is 19.1. The van der Waals surface area contributed by atoms with Crippen LogP contribution in [-0.4, -0.2) is 32.4 Å². The zero-order valence-electron chi connectivity index (χ0n) is 18.2. The average Bonchev–Trinajstić information content (AvgIpc) is 3.04. The molecule has 0 fully saturated rings. The molecule has 0 aliphatic heterocycles. The molecule has 158 valence electrons. The molecule has 1 amide bonds. The fraction of sp³-hybridized carbons (Fsp3) is 0.478. The number of fused-ring (bicyclic) bond motifs is 3. The third-order valence-electron chi connectivity index (χ3n) is 5.32. The van der Waals surface area contributed by atoms with Crippen molar-refractivity contribution < 1.29 is 4.79 Å². The van der Waals surface area contributed by atoms with E-state index >= 15 is 0 Å². The van der Waals surface area contributed by atoms with Gasteiger partial charge in [-0.1, -0.05) is 6.92 Å². The standard InChI is InChI=1S/C23H29N5OS/c1-13-8-9-16-17(11-13)30-22-18(16)20(25-14(2)21(29)28-23(3,4)5)26-19(27-22)15-7-6-10-24-12-15/h6-7,10,12-14H,8-9,11H2,1-5H3,(H,28,29)(H,25,26,27)/t13-,14+/m1/s1. The van der Waals surface area contributed by atoms with Crippen molar-refractivity contribution in [3.63, 3.8) is 0 Å². The molecule has 30 heavy (non-hydrogen) atoms. The van der Waals surface area contributed by atoms with E-state index in [-0.39, 0.29) is 11.4 Å². The van der Waals surface area contributed by atoms with Crippen molar-refractivity contribution >= 4 is 33.3 Å². The number of carbonyl (C=O) groups excluding carboxylic acids is 1. The third-order valence-corrected chi connectivity index (χ3v) is 6.47. The smallest absolute Gasteiger partial charge is 0.242 e. The summed E-state index contributed by atoms with van der Waals surface area (Å²) in [5.41, 5.74) is 1.93. The summed E-state index contributed by atoms with van der Waals surface area (Å²) in [5, 5.41) is 7.51. The predicted molar refractivity (Wildman–Crippen MR) is 123 cm³/mol. The van der Waals surface area contributed by atoms with E-state index in [9.17, 15) is 4.79 Å². The molecule has 6 nitrogen and oxygen atoms in total. The Morgan fingerprint density at radius 1 is 1.30 bits per heavy atom. The average molecular weight is 424 g/mol. The van der Waals surface area contributed by atoms with E-state index in [1.165, 1.54) is 16.9 Å². The molecular formula is C23H29N5OS. The summed E-state index contributed by atoms with van der Waals surface area (Å²) in [6, 6.07) is 3.43. The van der Waals surface area contributed by atoms with Crippen LogP contribution in [0.15, 0.2) is 24.5 Å². The van der Waals surface area contributed by atoms with E-state index < -0.39 is 6.04 Å². The molecule has 0 aromatic carbocycles. The highest BCUT2D eigenvalue weighted by Crippen LogP contribution is 2.41. The highest BCUT2D eigenvalue weighted by molar-refractivity contribution is 7.19. The first kappa shape index (κ1) is 20.7. The van der Waals surface area contributed by atoms with Crippen LogP contribution in [0.4, 0.5) is 5.82 Å². The van der Waals surface area contributed by atoms with Crippen LogP contribution >= 0.6 is 11.3 Å². The molecule has 0 radical (unpaired) electrons. The number of amides is 1. The minimum Gasteiger partial charge on any atom is -0.358 e. The van der Waals surface area contributed by atoms with Gasteiger partial charge in [-0.05, 0) is 70.6 Å². The van der Waals surface area contributed by atoms with Crippen molar-refractivity contribution in [1.29, 1.82) is 0 Å². The Bertz CT molecular complexity index is 1070. The van der Waals surface area contributed by atoms with Crippen molar-refractivity contribution in [2.75, 3.05) is 5.32 Å². The molecule has 4 rings (SSSR count). The number of anilines is 1. The van der Waals surface area contributed by atoms with Crippen LogP contribution in [0.1, 0.15) is 51.5 Å². The number of carbonyl (C=O) groups is 1. The lowest BCUT2D eigenvalue weighted by Crippen LogP contribution is -2.47. The normalized spacial score (nSPS) is 17.4. The summed E-state index contributed by atoms with van der Waals surface area (Å²) < 4.78 is 0. The highest BCUT2D eigenvalue weighted by atomic mass is 32.1. The van der Waals surface area contributed by atoms with Gasteiger partial charge in [0.15, 0.2) is 5.82 Å². The number of aryl methyl sites for hydroxylation is 1. The van der Waals surface area contributed by atoms with Crippen LogP contribution in [0.3, 0.4) is 0 Å². The Morgan fingerprint density at radius 3 is 2.80 bits per heavy atom. The Kier molecular flexibility index (Phi) is 5.49. The second-order valence-corrected chi connectivity index (χ2v) is 10.4. The molecular weight excluding hydrogens is 394 g/mol. The van der Waals surface area contributed by atoms with Crippen LogP contribution in [0.25, 0.3) is 21.6 Å². The Morgan fingerprint density at radius 2 is 2.10 bits per heavy atom. The molecule has 3 heterocycles. The summed E-state index contributed by atoms with van der Waals surface area (Å²) in [5.74, 6) is 2.01. The molecule has 7 heteroatoms. The van der Waals surface area contributed by atoms with Gasteiger partial charge < -0.3 is 10.6 Å². The molecule has 2 atom stereocenters. The number of nitrogens with one attached hydrogen (secondary N) is 2. The van der Waals surface area contributed by atoms with E-state index in [1.54, 1.807) is 23.7 Å². The van der Waals surface area contributed by atoms with Crippen LogP contribution in [-0.2, 0) is 17.6 Å². The molecule has 3 aromatic heterocycles. The lowest BCUT2D eigenvalue weighted by molar-refractivity contribution is -0.122. The van der Waals surface area contributed by atoms with E-state index in [4.69, 9.17) is 9.97 Å². The van der Waals surface area contributed by atoms with Crippen LogP contribution in [0.5, 0.6) is 0 Å². The summed E-state index contributed by atoms with van der Waals surface area (Å²) >= 11 is 1.76. The molecule has 1 aliphatic rings. The van der Waals surface area contributed by atoms with Crippen molar-refractivity contribution in [2.45, 2.75) is 65.5 Å². The number of rotatable bonds is 4. The van der Waals surface area contributed by atoms with Crippen molar-refractivity contribution in [2.24, 2.45) is 5.92 Å². The van der Waals surface area contributed by atoms with Gasteiger partial charge in [0, 0.05) is 28.4 Å². The van der Waals surface area contributed by atoms with Gasteiger partial charge in [-0.15, -0.1) is 11.3 Å². The summed E-state index contributed by atoms with van der Waals surface area (Å²) in [7, 11) is 0. The molecule has 0 unspecified atom stereocenters. The lowest BCUT2D eigenvalue weighted by atomic mass is 9.89. The second-order valence-electron chi connectivity index (χ2n) is 9.27. The molecule has 1 aliphatic carbocycles. The van der Waals surface area contributed by atoms with E-state index in [0.717, 1.165) is 34.4 Å². The molecule has 0 spiro atoms. The Labute approximate surface area is 181 Å². The number of hydrogen-bond donors (Lipinski definition) is 2. The molecule has 2 N–H and O–H groups in total. The quantitative estimate of drug-likeness (QED) is 0.641. The Hall–Kier alpha value is -2.54. The second kappa shape index (κ2) is 7.95. The number of nitrogens with zero attached hydrogens (tertiary/aromatic N) is 3. The largest absolute Gasteiger partial charge is 0.358 e. The first-order chi connectivity index (χ1) is 14.2. The first-order valence-corrected chi connectivity index (χ1v) is 11.3. The Balaban J connectivity index is 1.78. The van der Waals surface area contributed by atoms with Gasteiger partial charge in [0.25, 0.3) is 0 Å². The van der Waals surface area contributed by atoms with Gasteiger partial charge in [0.05, 0.1) is 5.39 Å². The van der Waals surface area contributed by atoms with E-state index in [1.807, 2.05) is 39.8 Å². The van der Waals surface area contributed by atoms with Gasteiger partial charge in [0.1, 0.15) is 16.7 Å². The monoisotopic (exact) mass is 423 g/mol. The van der Waals surface area contributed by atoms with Crippen LogP contribution in [0, 0.1) is 5.92 Å². The molecule has 3 aromatic rings. The van der Waals surface area contributed by atoms with Crippen molar-refractivity contribution in [3.05, 3.63) is 35.0 Å². The number of hydrogen-bond acceptors (Lipinski definition) is 6. The maximum absolute atomic E-state index is 12.7. The maximum Gasteiger partial charge on any atom is 0.242 e. The van der Waals surface area contributed by atoms with Gasteiger partial charge in [-0.25, -0.2) is 9.97 Å². The van der Waals surface area contributed by atoms with Gasteiger partial charge >= 0.3 is 0 Å². The van der Waals surface area contributed by atoms with E-state index in [0.29, 0.717) is 11.7 Å². The van der Waals surface area contributed by atoms with Crippen LogP contribution in [0.2, 0.25) is 0 Å². The van der Waals surface area contributed by atoms with Crippen LogP contribution < -0.4 is 10.6 Å². The fourth-order valence-electron chi connectivity index (χ4n) is 3.82. The van der Waals surface area contributed by atoms with Crippen molar-refractivity contribution in [3.8, 4) is 11.4 Å². The minimum atomic E-state index is -0.415. The van der Waals surface area contributed by atoms with Gasteiger partial charge in [-0.3, -0.25) is 9.78 Å². The molecule has 0 bridgehead atoms. The highest BCUT2D eigenvalue weighted by Gasteiger charge is 2.26. The topological polar surface area (TPSA) is 79.8 Å². The third kappa shape index (κ3) is 4.31. The molecule has 0 saturated carbocycles. The minimum absolute atomic E-state index is 0.0464.